The van der Waals surface area contributed by atoms with E-state index in [4.69, 9.17) is 0 Å². The maximum absolute atomic E-state index is 13.4. The first-order valence-electron chi connectivity index (χ1n) is 9.26. The summed E-state index contributed by atoms with van der Waals surface area (Å²) < 4.78 is 0. The predicted molar refractivity (Wildman–Crippen MR) is 106 cm³/mol. The molecule has 2 N–H and O–H groups in total. The molecule has 1 aliphatic heterocycles. The summed E-state index contributed by atoms with van der Waals surface area (Å²) in [4.78, 5) is 39.4. The third kappa shape index (κ3) is 4.06. The van der Waals surface area contributed by atoms with Crippen molar-refractivity contribution in [1.29, 1.82) is 0 Å². The SMILES string of the molecule is CC(C)(C)NC(=O)CN1C(=O)N[C@@](Cc2ccccc2)(c2ccccc2)C1=O. The van der Waals surface area contributed by atoms with Crippen molar-refractivity contribution in [2.45, 2.75) is 38.3 Å². The van der Waals surface area contributed by atoms with E-state index < -0.39 is 23.0 Å². The molecule has 1 fully saturated rings. The van der Waals surface area contributed by atoms with E-state index in [1.165, 1.54) is 0 Å². The maximum atomic E-state index is 13.4. The number of carbonyl (C=O) groups is 3. The first kappa shape index (κ1) is 19.6. The minimum Gasteiger partial charge on any atom is -0.350 e. The van der Waals surface area contributed by atoms with Gasteiger partial charge in [0.2, 0.25) is 5.91 Å². The molecule has 0 bridgehead atoms. The van der Waals surface area contributed by atoms with Gasteiger partial charge in [-0.15, -0.1) is 0 Å². The Morgan fingerprint density at radius 2 is 1.57 bits per heavy atom. The van der Waals surface area contributed by atoms with Crippen LogP contribution in [0.25, 0.3) is 0 Å². The number of benzene rings is 2. The second-order valence-electron chi connectivity index (χ2n) is 8.05. The maximum Gasteiger partial charge on any atom is 0.325 e. The summed E-state index contributed by atoms with van der Waals surface area (Å²) in [6, 6.07) is 18.1. The van der Waals surface area contributed by atoms with Gasteiger partial charge in [0.15, 0.2) is 5.54 Å². The van der Waals surface area contributed by atoms with Crippen LogP contribution >= 0.6 is 0 Å². The largest absolute Gasteiger partial charge is 0.350 e. The van der Waals surface area contributed by atoms with Crippen molar-refractivity contribution in [1.82, 2.24) is 15.5 Å². The minimum absolute atomic E-state index is 0.305. The lowest BCUT2D eigenvalue weighted by atomic mass is 9.83. The van der Waals surface area contributed by atoms with Crippen LogP contribution < -0.4 is 10.6 Å². The molecule has 0 spiro atoms. The molecular weight excluding hydrogens is 354 g/mol. The molecule has 2 aromatic carbocycles. The number of rotatable bonds is 5. The van der Waals surface area contributed by atoms with E-state index in [0.29, 0.717) is 12.0 Å². The first-order valence-corrected chi connectivity index (χ1v) is 9.26. The van der Waals surface area contributed by atoms with Crippen LogP contribution in [-0.2, 0) is 21.5 Å². The molecule has 6 heteroatoms. The number of amides is 4. The Labute approximate surface area is 164 Å². The third-order valence-corrected chi connectivity index (χ3v) is 4.57. The van der Waals surface area contributed by atoms with Crippen LogP contribution in [-0.4, -0.2) is 34.8 Å². The highest BCUT2D eigenvalue weighted by molar-refractivity contribution is 6.09. The molecule has 2 aromatic rings. The molecule has 1 atom stereocenters. The van der Waals surface area contributed by atoms with Gasteiger partial charge in [-0.2, -0.15) is 0 Å². The number of urea groups is 1. The van der Waals surface area contributed by atoms with Crippen LogP contribution in [0.1, 0.15) is 31.9 Å². The summed E-state index contributed by atoms with van der Waals surface area (Å²) >= 11 is 0. The fraction of sp³-hybridized carbons (Fsp3) is 0.318. The van der Waals surface area contributed by atoms with E-state index in [2.05, 4.69) is 10.6 Å². The molecule has 0 unspecified atom stereocenters. The predicted octanol–water partition coefficient (Wildman–Crippen LogP) is 2.59. The Hall–Kier alpha value is -3.15. The molecule has 146 valence electrons. The van der Waals surface area contributed by atoms with Crippen molar-refractivity contribution in [2.24, 2.45) is 0 Å². The number of nitrogens with zero attached hydrogens (tertiary/aromatic N) is 1. The van der Waals surface area contributed by atoms with Crippen LogP contribution in [0.15, 0.2) is 60.7 Å². The van der Waals surface area contributed by atoms with Crippen LogP contribution in [0.5, 0.6) is 0 Å². The van der Waals surface area contributed by atoms with Crippen molar-refractivity contribution >= 4 is 17.8 Å². The van der Waals surface area contributed by atoms with Crippen LogP contribution in [0.3, 0.4) is 0 Å². The summed E-state index contributed by atoms with van der Waals surface area (Å²) in [7, 11) is 0. The number of imide groups is 1. The summed E-state index contributed by atoms with van der Waals surface area (Å²) in [6.07, 6.45) is 0.305. The Morgan fingerprint density at radius 1 is 1.00 bits per heavy atom. The van der Waals surface area contributed by atoms with Gasteiger partial charge in [0, 0.05) is 12.0 Å². The quantitative estimate of drug-likeness (QED) is 0.784. The van der Waals surface area contributed by atoms with Crippen molar-refractivity contribution in [3.63, 3.8) is 0 Å². The van der Waals surface area contributed by atoms with Crippen LogP contribution in [0.2, 0.25) is 0 Å². The number of carbonyl (C=O) groups excluding carboxylic acids is 3. The lowest BCUT2D eigenvalue weighted by Gasteiger charge is -2.28. The summed E-state index contributed by atoms with van der Waals surface area (Å²) in [5, 5.41) is 5.65. The van der Waals surface area contributed by atoms with Gasteiger partial charge >= 0.3 is 6.03 Å². The van der Waals surface area contributed by atoms with E-state index in [1.54, 1.807) is 0 Å². The molecule has 0 aliphatic carbocycles. The molecule has 0 saturated carbocycles. The first-order chi connectivity index (χ1) is 13.2. The average Bonchev–Trinajstić information content (AvgIpc) is 2.87. The fourth-order valence-corrected chi connectivity index (χ4v) is 3.41. The van der Waals surface area contributed by atoms with Crippen molar-refractivity contribution in [3.05, 3.63) is 71.8 Å². The number of hydrogen-bond acceptors (Lipinski definition) is 3. The van der Waals surface area contributed by atoms with E-state index in [0.717, 1.165) is 10.5 Å². The zero-order valence-electron chi connectivity index (χ0n) is 16.4. The summed E-state index contributed by atoms with van der Waals surface area (Å²) in [6.45, 7) is 5.23. The van der Waals surface area contributed by atoms with Crippen LogP contribution in [0.4, 0.5) is 4.79 Å². The van der Waals surface area contributed by atoms with Gasteiger partial charge in [-0.25, -0.2) is 4.79 Å². The third-order valence-electron chi connectivity index (χ3n) is 4.57. The van der Waals surface area contributed by atoms with E-state index in [9.17, 15) is 14.4 Å². The van der Waals surface area contributed by atoms with E-state index in [1.807, 2.05) is 81.4 Å². The van der Waals surface area contributed by atoms with Crippen molar-refractivity contribution in [3.8, 4) is 0 Å². The monoisotopic (exact) mass is 379 g/mol. The normalized spacial score (nSPS) is 19.5. The fourth-order valence-electron chi connectivity index (χ4n) is 3.41. The Balaban J connectivity index is 1.94. The van der Waals surface area contributed by atoms with Gasteiger partial charge in [-0.1, -0.05) is 60.7 Å². The Morgan fingerprint density at radius 3 is 2.14 bits per heavy atom. The van der Waals surface area contributed by atoms with E-state index >= 15 is 0 Å². The molecule has 3 rings (SSSR count). The molecule has 1 saturated heterocycles. The smallest absolute Gasteiger partial charge is 0.325 e. The van der Waals surface area contributed by atoms with Crippen molar-refractivity contribution < 1.29 is 14.4 Å². The average molecular weight is 379 g/mol. The highest BCUT2D eigenvalue weighted by Crippen LogP contribution is 2.32. The molecule has 0 radical (unpaired) electrons. The van der Waals surface area contributed by atoms with Gasteiger partial charge < -0.3 is 10.6 Å². The second kappa shape index (κ2) is 7.46. The zero-order valence-corrected chi connectivity index (χ0v) is 16.4. The molecule has 1 heterocycles. The molecular formula is C22H25N3O3. The molecule has 0 aromatic heterocycles. The zero-order chi connectivity index (χ0) is 20.4. The lowest BCUT2D eigenvalue weighted by molar-refractivity contribution is -0.135. The van der Waals surface area contributed by atoms with Crippen molar-refractivity contribution in [2.75, 3.05) is 6.54 Å². The highest BCUT2D eigenvalue weighted by Gasteiger charge is 2.52. The highest BCUT2D eigenvalue weighted by atomic mass is 16.2. The summed E-state index contributed by atoms with van der Waals surface area (Å²) in [5.74, 6) is -0.795. The topological polar surface area (TPSA) is 78.5 Å². The summed E-state index contributed by atoms with van der Waals surface area (Å²) in [5.41, 5.74) is -0.0737. The van der Waals surface area contributed by atoms with Gasteiger partial charge in [-0.05, 0) is 31.9 Å². The second-order valence-corrected chi connectivity index (χ2v) is 8.05. The molecule has 1 aliphatic rings. The molecule has 28 heavy (non-hydrogen) atoms. The standard InChI is InChI=1S/C22H25N3O3/c1-21(2,3)23-18(26)15-25-19(27)22(24-20(25)28,17-12-8-5-9-13-17)14-16-10-6-4-7-11-16/h4-13H,14-15H2,1-3H3,(H,23,26)(H,24,28)/t22-/m0/s1. The molecule has 6 nitrogen and oxygen atoms in total. The minimum atomic E-state index is -1.23. The van der Waals surface area contributed by atoms with Gasteiger partial charge in [0.05, 0.1) is 0 Å². The number of nitrogens with one attached hydrogen (secondary N) is 2. The van der Waals surface area contributed by atoms with E-state index in [-0.39, 0.29) is 12.5 Å². The molecule has 4 amide bonds. The van der Waals surface area contributed by atoms with Gasteiger partial charge in [-0.3, -0.25) is 14.5 Å². The number of hydrogen-bond donors (Lipinski definition) is 2. The van der Waals surface area contributed by atoms with Crippen LogP contribution in [0, 0.1) is 0 Å². The Bertz CT molecular complexity index is 875. The van der Waals surface area contributed by atoms with Gasteiger partial charge in [0.25, 0.3) is 5.91 Å². The Kier molecular flexibility index (Phi) is 5.23. The lowest BCUT2D eigenvalue weighted by Crippen LogP contribution is -2.49. The van der Waals surface area contributed by atoms with Gasteiger partial charge in [0.1, 0.15) is 6.54 Å².